The summed E-state index contributed by atoms with van der Waals surface area (Å²) in [6.45, 7) is 2.15. The summed E-state index contributed by atoms with van der Waals surface area (Å²) in [5.74, 6) is 0.133. The van der Waals surface area contributed by atoms with E-state index in [2.05, 4.69) is 15.8 Å². The van der Waals surface area contributed by atoms with Crippen LogP contribution in [0.5, 0.6) is 5.75 Å². The molecule has 8 heteroatoms. The maximum absolute atomic E-state index is 12.0. The minimum absolute atomic E-state index is 0.0877. The molecule has 2 heterocycles. The molecule has 0 aromatic heterocycles. The molecule has 2 N–H and O–H groups in total. The number of hydrogen-bond acceptors (Lipinski definition) is 5. The molecule has 0 fully saturated rings. The van der Waals surface area contributed by atoms with Crippen molar-refractivity contribution in [3.63, 3.8) is 0 Å². The predicted molar refractivity (Wildman–Crippen MR) is 91.5 cm³/mol. The largest absolute Gasteiger partial charge is 0.479 e. The number of amides is 3. The number of carbonyl (C=O) groups excluding carboxylic acids is 3. The van der Waals surface area contributed by atoms with Crippen molar-refractivity contribution in [1.29, 1.82) is 0 Å². The van der Waals surface area contributed by atoms with E-state index in [1.165, 1.54) is 0 Å². The molecule has 2 aliphatic heterocycles. The van der Waals surface area contributed by atoms with Gasteiger partial charge in [-0.2, -0.15) is 5.10 Å². The Morgan fingerprint density at radius 1 is 1.40 bits per heavy atom. The molecule has 0 bridgehead atoms. The van der Waals surface area contributed by atoms with E-state index in [4.69, 9.17) is 4.74 Å². The summed E-state index contributed by atoms with van der Waals surface area (Å²) in [5.41, 5.74) is 4.35. The fourth-order valence-corrected chi connectivity index (χ4v) is 2.77. The molecule has 8 nitrogen and oxygen atoms in total. The summed E-state index contributed by atoms with van der Waals surface area (Å²) in [6, 6.07) is 5.65. The average Bonchev–Trinajstić information content (AvgIpc) is 2.61. The van der Waals surface area contributed by atoms with Gasteiger partial charge in [-0.3, -0.25) is 14.4 Å². The fourth-order valence-electron chi connectivity index (χ4n) is 2.77. The summed E-state index contributed by atoms with van der Waals surface area (Å²) in [4.78, 5) is 36.6. The monoisotopic (exact) mass is 344 g/mol. The highest BCUT2D eigenvalue weighted by Crippen LogP contribution is 2.33. The number of carbonyl (C=O) groups is 3. The van der Waals surface area contributed by atoms with Crippen LogP contribution in [0.15, 0.2) is 23.3 Å². The summed E-state index contributed by atoms with van der Waals surface area (Å²) < 4.78 is 5.59. The van der Waals surface area contributed by atoms with E-state index in [-0.39, 0.29) is 24.1 Å². The van der Waals surface area contributed by atoms with Gasteiger partial charge < -0.3 is 15.0 Å². The molecule has 3 rings (SSSR count). The van der Waals surface area contributed by atoms with E-state index in [1.807, 2.05) is 18.2 Å². The zero-order chi connectivity index (χ0) is 18.0. The molecule has 1 unspecified atom stereocenters. The molecule has 1 aromatic carbocycles. The second kappa shape index (κ2) is 6.92. The number of rotatable bonds is 4. The third kappa shape index (κ3) is 3.62. The summed E-state index contributed by atoms with van der Waals surface area (Å²) in [7, 11) is 1.72. The van der Waals surface area contributed by atoms with E-state index >= 15 is 0 Å². The first kappa shape index (κ1) is 16.9. The number of benzene rings is 1. The minimum Gasteiger partial charge on any atom is -0.479 e. The Hall–Kier alpha value is -2.90. The van der Waals surface area contributed by atoms with Crippen molar-refractivity contribution in [3.05, 3.63) is 23.8 Å². The number of anilines is 1. The lowest BCUT2D eigenvalue weighted by molar-refractivity contribution is -0.125. The number of nitrogens with one attached hydrogen (secondary N) is 2. The first-order valence-electron chi connectivity index (χ1n) is 8.16. The van der Waals surface area contributed by atoms with E-state index in [0.717, 1.165) is 11.3 Å². The Morgan fingerprint density at radius 2 is 2.20 bits per heavy atom. The number of hydrazone groups is 1. The van der Waals surface area contributed by atoms with Gasteiger partial charge in [0.25, 0.3) is 11.8 Å². The average molecular weight is 344 g/mol. The van der Waals surface area contributed by atoms with Crippen LogP contribution in [-0.4, -0.2) is 43.1 Å². The lowest BCUT2D eigenvalue weighted by Gasteiger charge is -2.30. The lowest BCUT2D eigenvalue weighted by atomic mass is 10.1. The summed E-state index contributed by atoms with van der Waals surface area (Å²) in [6.07, 6.45) is 0.741. The SMILES string of the molecule is CC1Oc2ccc(CCNC(=O)C3=NNC(=O)CC3)cc2N(C)C1=O. The molecule has 0 aliphatic carbocycles. The molecule has 0 saturated heterocycles. The third-order valence-corrected chi connectivity index (χ3v) is 4.23. The van der Waals surface area contributed by atoms with Gasteiger partial charge in [-0.1, -0.05) is 6.07 Å². The molecule has 1 aromatic rings. The summed E-state index contributed by atoms with van der Waals surface area (Å²) in [5, 5.41) is 6.55. The second-order valence-corrected chi connectivity index (χ2v) is 6.06. The van der Waals surface area contributed by atoms with Gasteiger partial charge in [0.05, 0.1) is 5.69 Å². The van der Waals surface area contributed by atoms with Crippen molar-refractivity contribution in [3.8, 4) is 5.75 Å². The highest BCUT2D eigenvalue weighted by Gasteiger charge is 2.28. The van der Waals surface area contributed by atoms with Crippen LogP contribution in [0.1, 0.15) is 25.3 Å². The van der Waals surface area contributed by atoms with Crippen LogP contribution in [0.25, 0.3) is 0 Å². The van der Waals surface area contributed by atoms with Crippen LogP contribution < -0.4 is 20.4 Å². The molecular formula is C17H20N4O4. The molecule has 0 radical (unpaired) electrons. The maximum atomic E-state index is 12.0. The van der Waals surface area contributed by atoms with Crippen molar-refractivity contribution < 1.29 is 19.1 Å². The Balaban J connectivity index is 1.58. The normalized spacial score (nSPS) is 19.5. The maximum Gasteiger partial charge on any atom is 0.267 e. The van der Waals surface area contributed by atoms with Gasteiger partial charge >= 0.3 is 0 Å². The Labute approximate surface area is 145 Å². The number of likely N-dealkylation sites (N-methyl/N-ethyl adjacent to an activating group) is 1. The highest BCUT2D eigenvalue weighted by atomic mass is 16.5. The van der Waals surface area contributed by atoms with Crippen molar-refractivity contribution >= 4 is 29.1 Å². The quantitative estimate of drug-likeness (QED) is 0.823. The third-order valence-electron chi connectivity index (χ3n) is 4.23. The summed E-state index contributed by atoms with van der Waals surface area (Å²) >= 11 is 0. The second-order valence-electron chi connectivity index (χ2n) is 6.06. The first-order valence-corrected chi connectivity index (χ1v) is 8.16. The van der Waals surface area contributed by atoms with Gasteiger partial charge in [0.15, 0.2) is 6.10 Å². The number of fused-ring (bicyclic) bond motifs is 1. The zero-order valence-electron chi connectivity index (χ0n) is 14.2. The molecular weight excluding hydrogens is 324 g/mol. The van der Waals surface area contributed by atoms with Gasteiger partial charge in [0.1, 0.15) is 11.5 Å². The van der Waals surface area contributed by atoms with Crippen LogP contribution in [-0.2, 0) is 20.8 Å². The predicted octanol–water partition coefficient (Wildman–Crippen LogP) is 0.355. The molecule has 132 valence electrons. The molecule has 1 atom stereocenters. The van der Waals surface area contributed by atoms with E-state index < -0.39 is 6.10 Å². The first-order chi connectivity index (χ1) is 12.0. The van der Waals surface area contributed by atoms with Crippen molar-refractivity contribution in [1.82, 2.24) is 10.7 Å². The lowest BCUT2D eigenvalue weighted by Crippen LogP contribution is -2.42. The molecule has 0 saturated carbocycles. The minimum atomic E-state index is -0.487. The Bertz CT molecular complexity index is 759. The topological polar surface area (TPSA) is 100 Å². The number of nitrogens with zero attached hydrogens (tertiary/aromatic N) is 2. The molecule has 2 aliphatic rings. The van der Waals surface area contributed by atoms with E-state index in [0.29, 0.717) is 30.8 Å². The highest BCUT2D eigenvalue weighted by molar-refractivity contribution is 6.39. The van der Waals surface area contributed by atoms with Crippen LogP contribution in [0.2, 0.25) is 0 Å². The van der Waals surface area contributed by atoms with Crippen molar-refractivity contribution in [2.24, 2.45) is 5.10 Å². The molecule has 0 spiro atoms. The van der Waals surface area contributed by atoms with Crippen molar-refractivity contribution in [2.45, 2.75) is 32.3 Å². The number of hydrogen-bond donors (Lipinski definition) is 2. The van der Waals surface area contributed by atoms with Crippen LogP contribution in [0.4, 0.5) is 5.69 Å². The van der Waals surface area contributed by atoms with Gasteiger partial charge in [0, 0.05) is 26.4 Å². The smallest absolute Gasteiger partial charge is 0.267 e. The van der Waals surface area contributed by atoms with Gasteiger partial charge in [-0.25, -0.2) is 5.43 Å². The Morgan fingerprint density at radius 3 is 2.92 bits per heavy atom. The fraction of sp³-hybridized carbons (Fsp3) is 0.412. The van der Waals surface area contributed by atoms with Gasteiger partial charge in [-0.05, 0) is 31.0 Å². The van der Waals surface area contributed by atoms with E-state index in [9.17, 15) is 14.4 Å². The molecule has 25 heavy (non-hydrogen) atoms. The Kier molecular flexibility index (Phi) is 4.69. The zero-order valence-corrected chi connectivity index (χ0v) is 14.2. The van der Waals surface area contributed by atoms with Crippen LogP contribution >= 0.6 is 0 Å². The molecule has 3 amide bonds. The van der Waals surface area contributed by atoms with Gasteiger partial charge in [0.2, 0.25) is 5.91 Å². The van der Waals surface area contributed by atoms with Crippen LogP contribution in [0, 0.1) is 0 Å². The van der Waals surface area contributed by atoms with Crippen molar-refractivity contribution in [2.75, 3.05) is 18.5 Å². The van der Waals surface area contributed by atoms with Crippen LogP contribution in [0.3, 0.4) is 0 Å². The van der Waals surface area contributed by atoms with E-state index in [1.54, 1.807) is 18.9 Å². The number of ether oxygens (including phenoxy) is 1. The standard InChI is InChI=1S/C17H20N4O4/c1-10-17(24)21(2)13-9-11(3-5-14(13)25-10)7-8-18-16(23)12-4-6-15(22)20-19-12/h3,5,9-10H,4,6-8H2,1-2H3,(H,18,23)(H,20,22). The van der Waals surface area contributed by atoms with Gasteiger partial charge in [-0.15, -0.1) is 0 Å².